The molecule has 2 unspecified atom stereocenters. The molecule has 0 bridgehead atoms. The quantitative estimate of drug-likeness (QED) is 0.729. The molecule has 4 heteroatoms. The van der Waals surface area contributed by atoms with E-state index in [1.165, 1.54) is 6.92 Å². The summed E-state index contributed by atoms with van der Waals surface area (Å²) in [6.45, 7) is 7.14. The van der Waals surface area contributed by atoms with Crippen LogP contribution >= 0.6 is 0 Å². The van der Waals surface area contributed by atoms with Crippen LogP contribution in [-0.2, 0) is 9.59 Å². The monoisotopic (exact) mass is 202 g/mol. The molecule has 0 saturated heterocycles. The Bertz CT molecular complexity index is 227. The Kier molecular flexibility index (Phi) is 4.10. The van der Waals surface area contributed by atoms with Crippen molar-refractivity contribution in [2.75, 3.05) is 0 Å². The van der Waals surface area contributed by atoms with Crippen LogP contribution < -0.4 is 0 Å². The fourth-order valence-electron chi connectivity index (χ4n) is 1.31. The molecule has 0 aliphatic rings. The molecule has 0 aromatic rings. The molecular formula is C10H18O4. The molecule has 0 amide bonds. The first kappa shape index (κ1) is 12.9. The van der Waals surface area contributed by atoms with Gasteiger partial charge in [-0.25, -0.2) is 0 Å². The fraction of sp³-hybridized carbons (Fsp3) is 0.800. The second-order valence-corrected chi connectivity index (χ2v) is 4.84. The van der Waals surface area contributed by atoms with Gasteiger partial charge < -0.3 is 10.2 Å². The molecule has 0 radical (unpaired) electrons. The van der Waals surface area contributed by atoms with E-state index in [1.807, 2.05) is 20.8 Å². The largest absolute Gasteiger partial charge is 0.481 e. The summed E-state index contributed by atoms with van der Waals surface area (Å²) in [6, 6.07) is 0. The molecular weight excluding hydrogens is 184 g/mol. The van der Waals surface area contributed by atoms with E-state index in [4.69, 9.17) is 10.2 Å². The maximum Gasteiger partial charge on any atom is 0.307 e. The third kappa shape index (κ3) is 4.25. The van der Waals surface area contributed by atoms with Crippen LogP contribution in [0.5, 0.6) is 0 Å². The second kappa shape index (κ2) is 4.44. The summed E-state index contributed by atoms with van der Waals surface area (Å²) in [4.78, 5) is 21.5. The summed E-state index contributed by atoms with van der Waals surface area (Å²) >= 11 is 0. The second-order valence-electron chi connectivity index (χ2n) is 4.84. The van der Waals surface area contributed by atoms with Crippen LogP contribution in [0.3, 0.4) is 0 Å². The smallest absolute Gasteiger partial charge is 0.307 e. The molecule has 0 aliphatic heterocycles. The number of carboxylic acid groups (broad SMARTS) is 2. The molecule has 0 aromatic carbocycles. The van der Waals surface area contributed by atoms with Gasteiger partial charge in [0, 0.05) is 0 Å². The van der Waals surface area contributed by atoms with Crippen molar-refractivity contribution in [3.63, 3.8) is 0 Å². The highest BCUT2D eigenvalue weighted by Gasteiger charge is 2.33. The first-order valence-electron chi connectivity index (χ1n) is 4.61. The number of carboxylic acids is 2. The molecule has 82 valence electrons. The fourth-order valence-corrected chi connectivity index (χ4v) is 1.31. The third-order valence-electron chi connectivity index (χ3n) is 2.14. The summed E-state index contributed by atoms with van der Waals surface area (Å²) in [6.07, 6.45) is 0.371. The first-order chi connectivity index (χ1) is 6.15. The van der Waals surface area contributed by atoms with Crippen molar-refractivity contribution in [3.8, 4) is 0 Å². The van der Waals surface area contributed by atoms with Gasteiger partial charge in [-0.2, -0.15) is 0 Å². The van der Waals surface area contributed by atoms with Crippen molar-refractivity contribution in [2.45, 2.75) is 34.1 Å². The molecule has 2 N–H and O–H groups in total. The van der Waals surface area contributed by atoms with E-state index in [0.29, 0.717) is 6.42 Å². The molecule has 4 nitrogen and oxygen atoms in total. The Hall–Kier alpha value is -1.06. The summed E-state index contributed by atoms with van der Waals surface area (Å²) < 4.78 is 0. The van der Waals surface area contributed by atoms with Gasteiger partial charge >= 0.3 is 11.9 Å². The van der Waals surface area contributed by atoms with E-state index >= 15 is 0 Å². The zero-order chi connectivity index (χ0) is 11.5. The van der Waals surface area contributed by atoms with Crippen LogP contribution in [0.2, 0.25) is 0 Å². The van der Waals surface area contributed by atoms with E-state index in [1.54, 1.807) is 0 Å². The van der Waals surface area contributed by atoms with Gasteiger partial charge in [-0.1, -0.05) is 27.7 Å². The predicted octanol–water partition coefficient (Wildman–Crippen LogP) is 1.84. The van der Waals surface area contributed by atoms with Crippen LogP contribution in [0.1, 0.15) is 34.1 Å². The van der Waals surface area contributed by atoms with Gasteiger partial charge in [0.05, 0.1) is 11.8 Å². The Morgan fingerprint density at radius 2 is 1.57 bits per heavy atom. The van der Waals surface area contributed by atoms with Crippen molar-refractivity contribution in [1.29, 1.82) is 0 Å². The molecule has 0 aliphatic carbocycles. The van der Waals surface area contributed by atoms with Gasteiger partial charge in [-0.3, -0.25) is 9.59 Å². The normalized spacial score (nSPS) is 16.0. The van der Waals surface area contributed by atoms with Crippen LogP contribution in [-0.4, -0.2) is 22.2 Å². The highest BCUT2D eigenvalue weighted by atomic mass is 16.4. The van der Waals surface area contributed by atoms with Crippen molar-refractivity contribution < 1.29 is 19.8 Å². The zero-order valence-corrected chi connectivity index (χ0v) is 9.07. The predicted molar refractivity (Wildman–Crippen MR) is 52.0 cm³/mol. The van der Waals surface area contributed by atoms with Crippen molar-refractivity contribution in [2.24, 2.45) is 17.3 Å². The number of hydrogen-bond donors (Lipinski definition) is 2. The minimum Gasteiger partial charge on any atom is -0.481 e. The van der Waals surface area contributed by atoms with Gasteiger partial charge in [0.15, 0.2) is 0 Å². The number of rotatable bonds is 4. The van der Waals surface area contributed by atoms with Gasteiger partial charge in [-0.15, -0.1) is 0 Å². The third-order valence-corrected chi connectivity index (χ3v) is 2.14. The zero-order valence-electron chi connectivity index (χ0n) is 9.07. The number of aliphatic carboxylic acids is 2. The first-order valence-corrected chi connectivity index (χ1v) is 4.61. The molecule has 0 spiro atoms. The lowest BCUT2D eigenvalue weighted by atomic mass is 9.79. The minimum atomic E-state index is -1.05. The summed E-state index contributed by atoms with van der Waals surface area (Å²) in [5.74, 6) is -3.74. The summed E-state index contributed by atoms with van der Waals surface area (Å²) in [7, 11) is 0. The molecule has 0 saturated carbocycles. The highest BCUT2D eigenvalue weighted by Crippen LogP contribution is 2.29. The maximum atomic E-state index is 10.9. The lowest BCUT2D eigenvalue weighted by Crippen LogP contribution is -2.31. The average molecular weight is 202 g/mol. The van der Waals surface area contributed by atoms with Crippen molar-refractivity contribution in [1.82, 2.24) is 0 Å². The molecule has 14 heavy (non-hydrogen) atoms. The molecule has 0 fully saturated rings. The minimum absolute atomic E-state index is 0.174. The SMILES string of the molecule is CC(C(=O)O)C(CC(C)(C)C)C(=O)O. The number of hydrogen-bond acceptors (Lipinski definition) is 2. The number of carbonyl (C=O) groups is 2. The van der Waals surface area contributed by atoms with E-state index in [2.05, 4.69) is 0 Å². The summed E-state index contributed by atoms with van der Waals surface area (Å²) in [5, 5.41) is 17.6. The van der Waals surface area contributed by atoms with E-state index < -0.39 is 23.8 Å². The van der Waals surface area contributed by atoms with Crippen molar-refractivity contribution >= 4 is 11.9 Å². The lowest BCUT2D eigenvalue weighted by molar-refractivity contribution is -0.154. The standard InChI is InChI=1S/C10H18O4/c1-6(8(11)12)7(9(13)14)5-10(2,3)4/h6-7H,5H2,1-4H3,(H,11,12)(H,13,14). The van der Waals surface area contributed by atoms with Gasteiger partial charge in [0.25, 0.3) is 0 Å². The lowest BCUT2D eigenvalue weighted by Gasteiger charge is -2.25. The Morgan fingerprint density at radius 3 is 1.79 bits per heavy atom. The molecule has 2 atom stereocenters. The maximum absolute atomic E-state index is 10.9. The van der Waals surface area contributed by atoms with Gasteiger partial charge in [0.1, 0.15) is 0 Å². The molecule has 0 heterocycles. The topological polar surface area (TPSA) is 74.6 Å². The molecule has 0 aromatic heterocycles. The van der Waals surface area contributed by atoms with Crippen LogP contribution in [0.15, 0.2) is 0 Å². The average Bonchev–Trinajstić information content (AvgIpc) is 1.96. The summed E-state index contributed by atoms with van der Waals surface area (Å²) in [5.41, 5.74) is -0.174. The van der Waals surface area contributed by atoms with E-state index in [0.717, 1.165) is 0 Å². The van der Waals surface area contributed by atoms with Gasteiger partial charge in [0.2, 0.25) is 0 Å². The Labute approximate surface area is 83.9 Å². The highest BCUT2D eigenvalue weighted by molar-refractivity contribution is 5.79. The van der Waals surface area contributed by atoms with Gasteiger partial charge in [-0.05, 0) is 11.8 Å². The van der Waals surface area contributed by atoms with Crippen LogP contribution in [0, 0.1) is 17.3 Å². The Morgan fingerprint density at radius 1 is 1.14 bits per heavy atom. The van der Waals surface area contributed by atoms with E-state index in [-0.39, 0.29) is 5.41 Å². The molecule has 0 rings (SSSR count). The van der Waals surface area contributed by atoms with Crippen LogP contribution in [0.4, 0.5) is 0 Å². The Balaban J connectivity index is 4.62. The van der Waals surface area contributed by atoms with Crippen molar-refractivity contribution in [3.05, 3.63) is 0 Å². The van der Waals surface area contributed by atoms with E-state index in [9.17, 15) is 9.59 Å². The van der Waals surface area contributed by atoms with Crippen LogP contribution in [0.25, 0.3) is 0 Å².